The van der Waals surface area contributed by atoms with Crippen LogP contribution in [0, 0.1) is 3.57 Å². The fourth-order valence-electron chi connectivity index (χ4n) is 1.48. The average Bonchev–Trinajstić information content (AvgIpc) is 2.42. The summed E-state index contributed by atoms with van der Waals surface area (Å²) in [5.74, 6) is -0.382. The SMILES string of the molecule is COC(=O)c1ccc(Sc2ccc(I)cc2)c(O)c1. The van der Waals surface area contributed by atoms with Crippen molar-refractivity contribution in [2.24, 2.45) is 0 Å². The van der Waals surface area contributed by atoms with E-state index in [9.17, 15) is 9.90 Å². The lowest BCUT2D eigenvalue weighted by Crippen LogP contribution is -2.00. The maximum absolute atomic E-state index is 11.3. The van der Waals surface area contributed by atoms with Crippen LogP contribution >= 0.6 is 34.4 Å². The molecule has 3 nitrogen and oxygen atoms in total. The van der Waals surface area contributed by atoms with Gasteiger partial charge in [-0.15, -0.1) is 0 Å². The maximum atomic E-state index is 11.3. The summed E-state index contributed by atoms with van der Waals surface area (Å²) in [5, 5.41) is 9.92. The fraction of sp³-hybridized carbons (Fsp3) is 0.0714. The normalized spacial score (nSPS) is 10.2. The van der Waals surface area contributed by atoms with Crippen molar-refractivity contribution in [1.29, 1.82) is 0 Å². The van der Waals surface area contributed by atoms with Gasteiger partial charge in [-0.1, -0.05) is 11.8 Å². The molecule has 0 spiro atoms. The van der Waals surface area contributed by atoms with Crippen LogP contribution in [-0.4, -0.2) is 18.2 Å². The van der Waals surface area contributed by atoms with Gasteiger partial charge in [-0.05, 0) is 65.1 Å². The Hall–Kier alpha value is -1.21. The number of methoxy groups -OCH3 is 1. The van der Waals surface area contributed by atoms with Crippen LogP contribution in [0.4, 0.5) is 0 Å². The number of hydrogen-bond acceptors (Lipinski definition) is 4. The van der Waals surface area contributed by atoms with E-state index in [-0.39, 0.29) is 5.75 Å². The number of esters is 1. The zero-order valence-electron chi connectivity index (χ0n) is 10.1. The third-order valence-electron chi connectivity index (χ3n) is 2.42. The van der Waals surface area contributed by atoms with Gasteiger partial charge in [0.2, 0.25) is 0 Å². The van der Waals surface area contributed by atoms with E-state index in [0.29, 0.717) is 10.5 Å². The minimum absolute atomic E-state index is 0.0754. The van der Waals surface area contributed by atoms with Crippen molar-refractivity contribution in [2.75, 3.05) is 7.11 Å². The van der Waals surface area contributed by atoms with Gasteiger partial charge in [0.1, 0.15) is 5.75 Å². The van der Waals surface area contributed by atoms with Crippen LogP contribution in [0.2, 0.25) is 0 Å². The second-order valence-corrected chi connectivity index (χ2v) is 6.09. The largest absolute Gasteiger partial charge is 0.507 e. The van der Waals surface area contributed by atoms with Gasteiger partial charge in [0, 0.05) is 8.47 Å². The van der Waals surface area contributed by atoms with Gasteiger partial charge in [0.25, 0.3) is 0 Å². The van der Waals surface area contributed by atoms with Crippen LogP contribution in [0.15, 0.2) is 52.3 Å². The summed E-state index contributed by atoms with van der Waals surface area (Å²) in [7, 11) is 1.31. The Morgan fingerprint density at radius 2 is 1.89 bits per heavy atom. The van der Waals surface area contributed by atoms with E-state index in [1.165, 1.54) is 24.9 Å². The van der Waals surface area contributed by atoms with Gasteiger partial charge < -0.3 is 9.84 Å². The predicted molar refractivity (Wildman–Crippen MR) is 82.7 cm³/mol. The van der Waals surface area contributed by atoms with Crippen molar-refractivity contribution < 1.29 is 14.6 Å². The highest BCUT2D eigenvalue weighted by Crippen LogP contribution is 2.35. The van der Waals surface area contributed by atoms with Gasteiger partial charge >= 0.3 is 5.97 Å². The molecule has 0 aliphatic carbocycles. The Balaban J connectivity index is 2.22. The molecule has 0 saturated carbocycles. The molecule has 0 amide bonds. The number of phenols is 1. The van der Waals surface area contributed by atoms with Crippen LogP contribution in [0.3, 0.4) is 0 Å². The Bertz CT molecular complexity index is 596. The molecule has 0 bridgehead atoms. The van der Waals surface area contributed by atoms with Crippen LogP contribution in [-0.2, 0) is 4.74 Å². The van der Waals surface area contributed by atoms with Gasteiger partial charge in [-0.3, -0.25) is 0 Å². The highest BCUT2D eigenvalue weighted by molar-refractivity contribution is 14.1. The predicted octanol–water partition coefficient (Wildman–Crippen LogP) is 3.93. The zero-order chi connectivity index (χ0) is 13.8. The second-order valence-electron chi connectivity index (χ2n) is 3.73. The maximum Gasteiger partial charge on any atom is 0.337 e. The second kappa shape index (κ2) is 6.29. The number of carbonyl (C=O) groups is 1. The summed E-state index contributed by atoms with van der Waals surface area (Å²) in [4.78, 5) is 13.1. The number of rotatable bonds is 3. The average molecular weight is 386 g/mol. The van der Waals surface area contributed by atoms with E-state index < -0.39 is 5.97 Å². The Morgan fingerprint density at radius 3 is 2.47 bits per heavy atom. The topological polar surface area (TPSA) is 46.5 Å². The van der Waals surface area contributed by atoms with Crippen LogP contribution < -0.4 is 0 Å². The molecule has 0 fully saturated rings. The van der Waals surface area contributed by atoms with Crippen molar-refractivity contribution in [3.8, 4) is 5.75 Å². The lowest BCUT2D eigenvalue weighted by molar-refractivity contribution is 0.0600. The molecule has 1 N–H and O–H groups in total. The summed E-state index contributed by atoms with van der Waals surface area (Å²) in [6.07, 6.45) is 0. The molecule has 2 rings (SSSR count). The van der Waals surface area contributed by atoms with E-state index in [2.05, 4.69) is 27.3 Å². The van der Waals surface area contributed by atoms with Crippen molar-refractivity contribution in [2.45, 2.75) is 9.79 Å². The molecule has 0 unspecified atom stereocenters. The first-order valence-corrected chi connectivity index (χ1v) is 7.34. The third-order valence-corrected chi connectivity index (χ3v) is 4.21. The number of carbonyl (C=O) groups excluding carboxylic acids is 1. The molecule has 19 heavy (non-hydrogen) atoms. The smallest absolute Gasteiger partial charge is 0.337 e. The molecule has 0 aliphatic heterocycles. The van der Waals surface area contributed by atoms with E-state index in [1.54, 1.807) is 12.1 Å². The quantitative estimate of drug-likeness (QED) is 0.642. The summed E-state index contributed by atoms with van der Waals surface area (Å²) in [6, 6.07) is 12.7. The first-order valence-electron chi connectivity index (χ1n) is 5.45. The van der Waals surface area contributed by atoms with Crippen molar-refractivity contribution >= 4 is 40.3 Å². The number of hydrogen-bond donors (Lipinski definition) is 1. The first kappa shape index (κ1) is 14.2. The highest BCUT2D eigenvalue weighted by Gasteiger charge is 2.10. The molecule has 0 radical (unpaired) electrons. The Labute approximate surface area is 129 Å². The number of aromatic hydroxyl groups is 1. The van der Waals surface area contributed by atoms with Gasteiger partial charge in [0.15, 0.2) is 0 Å². The first-order chi connectivity index (χ1) is 9.10. The van der Waals surface area contributed by atoms with Crippen LogP contribution in [0.1, 0.15) is 10.4 Å². The highest BCUT2D eigenvalue weighted by atomic mass is 127. The molecule has 0 saturated heterocycles. The number of phenolic OH excluding ortho intramolecular Hbond substituents is 1. The Kier molecular flexibility index (Phi) is 4.71. The molecule has 98 valence electrons. The number of benzene rings is 2. The Morgan fingerprint density at radius 1 is 1.21 bits per heavy atom. The summed E-state index contributed by atoms with van der Waals surface area (Å²) in [5.41, 5.74) is 0.340. The van der Waals surface area contributed by atoms with E-state index in [1.807, 2.05) is 24.3 Å². The van der Waals surface area contributed by atoms with Crippen molar-refractivity contribution in [3.05, 3.63) is 51.6 Å². The molecule has 0 heterocycles. The number of halogens is 1. The van der Waals surface area contributed by atoms with E-state index in [4.69, 9.17) is 0 Å². The fourth-order valence-corrected chi connectivity index (χ4v) is 2.66. The lowest BCUT2D eigenvalue weighted by Gasteiger charge is -2.06. The molecule has 5 heteroatoms. The van der Waals surface area contributed by atoms with E-state index in [0.717, 1.165) is 8.47 Å². The monoisotopic (exact) mass is 386 g/mol. The minimum atomic E-state index is -0.457. The molecule has 2 aromatic rings. The third kappa shape index (κ3) is 3.63. The molecular weight excluding hydrogens is 375 g/mol. The molecule has 0 atom stereocenters. The molecule has 2 aromatic carbocycles. The summed E-state index contributed by atoms with van der Waals surface area (Å²) in [6.45, 7) is 0. The van der Waals surface area contributed by atoms with Crippen LogP contribution in [0.25, 0.3) is 0 Å². The standard InChI is InChI=1S/C14H11IO3S/c1-18-14(17)9-2-7-13(12(16)8-9)19-11-5-3-10(15)4-6-11/h2-8,16H,1H3. The molecular formula is C14H11IO3S. The number of ether oxygens (including phenoxy) is 1. The minimum Gasteiger partial charge on any atom is -0.507 e. The molecule has 0 aromatic heterocycles. The van der Waals surface area contributed by atoms with E-state index >= 15 is 0 Å². The molecule has 0 aliphatic rings. The van der Waals surface area contributed by atoms with Gasteiger partial charge in [-0.2, -0.15) is 0 Å². The van der Waals surface area contributed by atoms with Crippen LogP contribution in [0.5, 0.6) is 5.75 Å². The van der Waals surface area contributed by atoms with Gasteiger partial charge in [0.05, 0.1) is 17.6 Å². The summed E-state index contributed by atoms with van der Waals surface area (Å²) < 4.78 is 5.76. The van der Waals surface area contributed by atoms with Crippen molar-refractivity contribution in [3.63, 3.8) is 0 Å². The van der Waals surface area contributed by atoms with Crippen molar-refractivity contribution in [1.82, 2.24) is 0 Å². The lowest BCUT2D eigenvalue weighted by atomic mass is 10.2. The van der Waals surface area contributed by atoms with Gasteiger partial charge in [-0.25, -0.2) is 4.79 Å². The summed E-state index contributed by atoms with van der Waals surface area (Å²) >= 11 is 3.69. The zero-order valence-corrected chi connectivity index (χ0v) is 13.1.